The number of phenols is 1. The zero-order valence-electron chi connectivity index (χ0n) is 21.8. The minimum atomic E-state index is -3.58. The number of phenolic OH excluding ortho intramolecular Hbond substituents is 1. The average Bonchev–Trinajstić information content (AvgIpc) is 3.32. The number of aliphatic hydroxyl groups is 1. The topological polar surface area (TPSA) is 144 Å². The van der Waals surface area contributed by atoms with E-state index in [-0.39, 0.29) is 29.9 Å². The van der Waals surface area contributed by atoms with Gasteiger partial charge in [-0.3, -0.25) is 9.52 Å². The third kappa shape index (κ3) is 7.89. The maximum absolute atomic E-state index is 12.7. The highest BCUT2D eigenvalue weighted by Gasteiger charge is 2.15. The van der Waals surface area contributed by atoms with Crippen molar-refractivity contribution < 1.29 is 23.4 Å². The smallest absolute Gasteiger partial charge is 0.267 e. The van der Waals surface area contributed by atoms with E-state index in [2.05, 4.69) is 20.3 Å². The van der Waals surface area contributed by atoms with E-state index in [9.17, 15) is 23.4 Å². The van der Waals surface area contributed by atoms with Crippen molar-refractivity contribution in [1.82, 2.24) is 15.6 Å². The van der Waals surface area contributed by atoms with Crippen LogP contribution in [0.4, 0.5) is 5.69 Å². The molecule has 0 radical (unpaired) electrons. The van der Waals surface area contributed by atoms with E-state index in [1.54, 1.807) is 24.3 Å². The molecule has 6 N–H and O–H groups in total. The molecule has 0 aliphatic rings. The molecule has 4 aromatic rings. The zero-order chi connectivity index (χ0) is 29.0. The molecular formula is C28H30Cl2N4O5S. The zero-order valence-corrected chi connectivity index (χ0v) is 24.2. The second-order valence-corrected chi connectivity index (χ2v) is 12.3. The molecule has 1 aromatic heterocycles. The van der Waals surface area contributed by atoms with Crippen molar-refractivity contribution in [3.05, 3.63) is 93.1 Å². The molecule has 0 saturated carbocycles. The lowest BCUT2D eigenvalue weighted by Crippen LogP contribution is -2.32. The van der Waals surface area contributed by atoms with Gasteiger partial charge in [-0.15, -0.1) is 0 Å². The molecule has 3 aromatic carbocycles. The van der Waals surface area contributed by atoms with Crippen molar-refractivity contribution in [3.63, 3.8) is 0 Å². The number of halogens is 2. The number of nitrogens with one attached hydrogen (secondary N) is 4. The first kappa shape index (κ1) is 29.7. The number of rotatable bonds is 11. The fraction of sp³-hybridized carbons (Fsp3) is 0.250. The molecule has 0 aliphatic heterocycles. The van der Waals surface area contributed by atoms with Crippen LogP contribution in [-0.2, 0) is 23.0 Å². The molecule has 12 heteroatoms. The summed E-state index contributed by atoms with van der Waals surface area (Å²) < 4.78 is 25.3. The standard InChI is InChI=1S/C28H30Cl2N4O5S/c1-16(31-15-27(36)19-5-8-26(35)24(12-19)34-40(2,38)39)9-17-4-7-23-20(10-17)13-25(33-23)28(37)32-14-18-3-6-21(29)22(30)11-18/h3-8,10-13,16,27,31,33-36H,9,14-15H2,1-2H3,(H,32,37)/t16-,27+/m1/s1. The van der Waals surface area contributed by atoms with Gasteiger partial charge in [0.05, 0.1) is 28.1 Å². The average molecular weight is 606 g/mol. The SMILES string of the molecule is C[C@H](Cc1ccc2[nH]c(C(=O)NCc3ccc(Cl)c(Cl)c3)cc2c1)NC[C@H](O)c1ccc(O)c(NS(C)(=O)=O)c1. The quantitative estimate of drug-likeness (QED) is 0.136. The first-order chi connectivity index (χ1) is 18.9. The summed E-state index contributed by atoms with van der Waals surface area (Å²) in [6.45, 7) is 2.52. The molecule has 4 rings (SSSR count). The molecule has 0 bridgehead atoms. The van der Waals surface area contributed by atoms with Crippen LogP contribution in [-0.4, -0.2) is 48.4 Å². The number of aromatic hydroxyl groups is 1. The number of benzene rings is 3. The maximum atomic E-state index is 12.7. The Hall–Kier alpha value is -3.28. The fourth-order valence-corrected chi connectivity index (χ4v) is 5.14. The van der Waals surface area contributed by atoms with Gasteiger partial charge in [0.2, 0.25) is 10.0 Å². The van der Waals surface area contributed by atoms with Crippen molar-refractivity contribution >= 4 is 55.7 Å². The molecule has 1 amide bonds. The van der Waals surface area contributed by atoms with Crippen LogP contribution in [0.15, 0.2) is 60.7 Å². The maximum Gasteiger partial charge on any atom is 0.267 e. The number of anilines is 1. The Balaban J connectivity index is 1.33. The Labute approximate surface area is 242 Å². The minimum absolute atomic E-state index is 0.00532. The van der Waals surface area contributed by atoms with Crippen molar-refractivity contribution in [2.45, 2.75) is 32.0 Å². The third-order valence-corrected chi connectivity index (χ3v) is 7.60. The van der Waals surface area contributed by atoms with Gasteiger partial charge in [0.15, 0.2) is 0 Å². The molecule has 9 nitrogen and oxygen atoms in total. The van der Waals surface area contributed by atoms with Crippen LogP contribution >= 0.6 is 23.2 Å². The lowest BCUT2D eigenvalue weighted by atomic mass is 10.0. The summed E-state index contributed by atoms with van der Waals surface area (Å²) in [7, 11) is -3.58. The van der Waals surface area contributed by atoms with Gasteiger partial charge in [-0.25, -0.2) is 8.42 Å². The highest BCUT2D eigenvalue weighted by Crippen LogP contribution is 2.28. The van der Waals surface area contributed by atoms with Crippen molar-refractivity contribution in [2.75, 3.05) is 17.5 Å². The van der Waals surface area contributed by atoms with Gasteiger partial charge in [-0.05, 0) is 72.5 Å². The van der Waals surface area contributed by atoms with Gasteiger partial charge >= 0.3 is 0 Å². The summed E-state index contributed by atoms with van der Waals surface area (Å²) >= 11 is 12.0. The van der Waals surface area contributed by atoms with Crippen LogP contribution in [0.3, 0.4) is 0 Å². The molecule has 40 heavy (non-hydrogen) atoms. The number of carbonyl (C=O) groups excluding carboxylic acids is 1. The van der Waals surface area contributed by atoms with E-state index in [0.29, 0.717) is 34.3 Å². The lowest BCUT2D eigenvalue weighted by Gasteiger charge is -2.18. The van der Waals surface area contributed by atoms with Gasteiger partial charge in [-0.1, -0.05) is 41.4 Å². The molecule has 0 unspecified atom stereocenters. The van der Waals surface area contributed by atoms with E-state index in [4.69, 9.17) is 23.2 Å². The molecule has 0 aliphatic carbocycles. The Kier molecular flexibility index (Phi) is 9.27. The Morgan fingerprint density at radius 3 is 2.48 bits per heavy atom. The third-order valence-electron chi connectivity index (χ3n) is 6.27. The van der Waals surface area contributed by atoms with Crippen LogP contribution < -0.4 is 15.4 Å². The molecule has 0 saturated heterocycles. The second-order valence-electron chi connectivity index (χ2n) is 9.72. The van der Waals surface area contributed by atoms with Crippen molar-refractivity contribution in [3.8, 4) is 5.75 Å². The van der Waals surface area contributed by atoms with Gasteiger partial charge < -0.3 is 25.8 Å². The number of aromatic amines is 1. The number of H-pyrrole nitrogens is 1. The van der Waals surface area contributed by atoms with Gasteiger partial charge in [-0.2, -0.15) is 0 Å². The van der Waals surface area contributed by atoms with E-state index >= 15 is 0 Å². The number of carbonyl (C=O) groups is 1. The number of aromatic nitrogens is 1. The molecule has 0 fully saturated rings. The molecular weight excluding hydrogens is 575 g/mol. The monoisotopic (exact) mass is 604 g/mol. The van der Waals surface area contributed by atoms with Crippen LogP contribution in [0.25, 0.3) is 10.9 Å². The van der Waals surface area contributed by atoms with Gasteiger partial charge in [0.25, 0.3) is 5.91 Å². The molecule has 2 atom stereocenters. The van der Waals surface area contributed by atoms with Crippen LogP contribution in [0.2, 0.25) is 10.0 Å². The first-order valence-electron chi connectivity index (χ1n) is 12.4. The highest BCUT2D eigenvalue weighted by molar-refractivity contribution is 7.92. The highest BCUT2D eigenvalue weighted by atomic mass is 35.5. The fourth-order valence-electron chi connectivity index (χ4n) is 4.26. The summed E-state index contributed by atoms with van der Waals surface area (Å²) in [4.78, 5) is 15.8. The summed E-state index contributed by atoms with van der Waals surface area (Å²) in [5, 5.41) is 28.5. The van der Waals surface area contributed by atoms with Gasteiger partial charge in [0.1, 0.15) is 11.4 Å². The number of hydrogen-bond acceptors (Lipinski definition) is 6. The summed E-state index contributed by atoms with van der Waals surface area (Å²) in [6, 6.07) is 17.2. The number of aliphatic hydroxyl groups excluding tert-OH is 1. The predicted octanol–water partition coefficient (Wildman–Crippen LogP) is 4.74. The van der Waals surface area contributed by atoms with Crippen LogP contribution in [0.5, 0.6) is 5.75 Å². The van der Waals surface area contributed by atoms with Crippen molar-refractivity contribution in [2.24, 2.45) is 0 Å². The lowest BCUT2D eigenvalue weighted by molar-refractivity contribution is 0.0946. The number of sulfonamides is 1. The minimum Gasteiger partial charge on any atom is -0.506 e. The first-order valence-corrected chi connectivity index (χ1v) is 15.1. The van der Waals surface area contributed by atoms with Crippen LogP contribution in [0, 0.1) is 0 Å². The normalized spacial score (nSPS) is 13.2. The molecule has 0 spiro atoms. The van der Waals surface area contributed by atoms with E-state index in [0.717, 1.165) is 28.3 Å². The van der Waals surface area contributed by atoms with Crippen molar-refractivity contribution in [1.29, 1.82) is 0 Å². The Bertz CT molecular complexity index is 1640. The number of amides is 1. The second kappa shape index (κ2) is 12.5. The number of hydrogen-bond donors (Lipinski definition) is 6. The van der Waals surface area contributed by atoms with E-state index in [1.165, 1.54) is 18.2 Å². The summed E-state index contributed by atoms with van der Waals surface area (Å²) in [5.74, 6) is -0.466. The summed E-state index contributed by atoms with van der Waals surface area (Å²) in [5.41, 5.74) is 3.64. The van der Waals surface area contributed by atoms with Crippen LogP contribution in [0.1, 0.15) is 40.2 Å². The number of fused-ring (bicyclic) bond motifs is 1. The van der Waals surface area contributed by atoms with Gasteiger partial charge in [0, 0.05) is 30.0 Å². The molecule has 212 valence electrons. The predicted molar refractivity (Wildman–Crippen MR) is 159 cm³/mol. The van der Waals surface area contributed by atoms with E-state index in [1.807, 2.05) is 25.1 Å². The Morgan fingerprint density at radius 2 is 1.75 bits per heavy atom. The molecule has 1 heterocycles. The Morgan fingerprint density at radius 1 is 1.00 bits per heavy atom. The van der Waals surface area contributed by atoms with E-state index < -0.39 is 16.1 Å². The summed E-state index contributed by atoms with van der Waals surface area (Å²) in [6.07, 6.45) is 0.738. The largest absolute Gasteiger partial charge is 0.506 e.